The lowest BCUT2D eigenvalue weighted by Gasteiger charge is -2.19. The molecule has 3 rings (SSSR count). The number of urea groups is 1. The van der Waals surface area contributed by atoms with Gasteiger partial charge in [0.2, 0.25) is 0 Å². The predicted molar refractivity (Wildman–Crippen MR) is 64.3 cm³/mol. The zero-order valence-corrected chi connectivity index (χ0v) is 10.2. The van der Waals surface area contributed by atoms with E-state index in [-0.39, 0.29) is 12.5 Å². The molecule has 1 aromatic carbocycles. The third-order valence-corrected chi connectivity index (χ3v) is 3.60. The number of hydrogen-bond acceptors (Lipinski definition) is 1. The lowest BCUT2D eigenvalue weighted by atomic mass is 10.2. The molecule has 2 amide bonds. The smallest absolute Gasteiger partial charge is 0.313 e. The van der Waals surface area contributed by atoms with Crippen LogP contribution >= 0.6 is 11.6 Å². The van der Waals surface area contributed by atoms with E-state index in [9.17, 15) is 13.6 Å². The summed E-state index contributed by atoms with van der Waals surface area (Å²) in [5, 5.41) is 0.526. The van der Waals surface area contributed by atoms with Crippen LogP contribution in [0.1, 0.15) is 6.42 Å². The van der Waals surface area contributed by atoms with Crippen LogP contribution in [-0.4, -0.2) is 36.0 Å². The molecular formula is C12H11ClF2N2O. The Hall–Kier alpha value is -1.36. The Morgan fingerprint density at radius 3 is 2.83 bits per heavy atom. The van der Waals surface area contributed by atoms with Crippen molar-refractivity contribution < 1.29 is 13.6 Å². The van der Waals surface area contributed by atoms with Crippen molar-refractivity contribution in [1.29, 1.82) is 0 Å². The van der Waals surface area contributed by atoms with E-state index < -0.39 is 18.5 Å². The van der Waals surface area contributed by atoms with Gasteiger partial charge in [-0.15, -0.1) is 0 Å². The SMILES string of the molecule is O=C1N(c2cccc(Cl)c2)C[C@@H]2CC(F)(F)CN12. The monoisotopic (exact) mass is 272 g/mol. The molecule has 0 radical (unpaired) electrons. The molecule has 96 valence electrons. The van der Waals surface area contributed by atoms with Crippen LogP contribution in [0.25, 0.3) is 0 Å². The second kappa shape index (κ2) is 3.82. The quantitative estimate of drug-likeness (QED) is 0.771. The maximum atomic E-state index is 13.2. The van der Waals surface area contributed by atoms with Crippen LogP contribution in [0.4, 0.5) is 19.3 Å². The van der Waals surface area contributed by atoms with E-state index in [0.717, 1.165) is 0 Å². The molecule has 2 heterocycles. The highest BCUT2D eigenvalue weighted by Gasteiger charge is 2.52. The number of hydrogen-bond donors (Lipinski definition) is 0. The molecule has 0 unspecified atom stereocenters. The van der Waals surface area contributed by atoms with Crippen molar-refractivity contribution in [2.24, 2.45) is 0 Å². The third-order valence-electron chi connectivity index (χ3n) is 3.37. The summed E-state index contributed by atoms with van der Waals surface area (Å²) in [5.74, 6) is -2.75. The summed E-state index contributed by atoms with van der Waals surface area (Å²) in [6.45, 7) is -0.178. The molecule has 18 heavy (non-hydrogen) atoms. The third kappa shape index (κ3) is 1.82. The number of benzene rings is 1. The number of halogens is 3. The molecule has 0 spiro atoms. The van der Waals surface area contributed by atoms with Gasteiger partial charge >= 0.3 is 6.03 Å². The summed E-state index contributed by atoms with van der Waals surface area (Å²) in [7, 11) is 0. The van der Waals surface area contributed by atoms with Gasteiger partial charge < -0.3 is 4.90 Å². The number of anilines is 1. The second-order valence-corrected chi connectivity index (χ2v) is 5.15. The van der Waals surface area contributed by atoms with Crippen LogP contribution in [0.2, 0.25) is 5.02 Å². The van der Waals surface area contributed by atoms with E-state index in [0.29, 0.717) is 17.3 Å². The average molecular weight is 273 g/mol. The van der Waals surface area contributed by atoms with Gasteiger partial charge in [-0.25, -0.2) is 13.6 Å². The summed E-state index contributed by atoms with van der Waals surface area (Å²) >= 11 is 5.87. The molecule has 2 fully saturated rings. The maximum Gasteiger partial charge on any atom is 0.325 e. The number of amides is 2. The lowest BCUT2D eigenvalue weighted by molar-refractivity contribution is 0.0143. The fraction of sp³-hybridized carbons (Fsp3) is 0.417. The number of fused-ring (bicyclic) bond motifs is 1. The molecule has 1 aromatic rings. The van der Waals surface area contributed by atoms with Crippen molar-refractivity contribution in [3.05, 3.63) is 29.3 Å². The minimum atomic E-state index is -2.75. The topological polar surface area (TPSA) is 23.6 Å². The van der Waals surface area contributed by atoms with Crippen molar-refractivity contribution >= 4 is 23.3 Å². The van der Waals surface area contributed by atoms with E-state index in [1.807, 2.05) is 0 Å². The first-order valence-corrected chi connectivity index (χ1v) is 6.06. The van der Waals surface area contributed by atoms with Crippen molar-refractivity contribution in [3.8, 4) is 0 Å². The fourth-order valence-electron chi connectivity index (χ4n) is 2.59. The highest BCUT2D eigenvalue weighted by atomic mass is 35.5. The standard InChI is InChI=1S/C12H11ClF2N2O/c13-8-2-1-3-9(4-8)16-6-10-5-12(14,15)7-17(10)11(16)18/h1-4,10H,5-7H2/t10-/m0/s1. The van der Waals surface area contributed by atoms with E-state index in [4.69, 9.17) is 11.6 Å². The Kier molecular flexibility index (Phi) is 2.48. The van der Waals surface area contributed by atoms with Crippen molar-refractivity contribution in [2.75, 3.05) is 18.0 Å². The molecule has 2 aliphatic heterocycles. The molecule has 0 bridgehead atoms. The Bertz CT molecular complexity index is 509. The van der Waals surface area contributed by atoms with Gasteiger partial charge in [0.05, 0.1) is 12.6 Å². The molecule has 3 nitrogen and oxygen atoms in total. The zero-order valence-electron chi connectivity index (χ0n) is 9.44. The molecule has 0 aliphatic carbocycles. The Morgan fingerprint density at radius 2 is 2.17 bits per heavy atom. The summed E-state index contributed by atoms with van der Waals surface area (Å²) in [4.78, 5) is 14.8. The Morgan fingerprint density at radius 1 is 1.39 bits per heavy atom. The largest absolute Gasteiger partial charge is 0.325 e. The van der Waals surface area contributed by atoms with E-state index >= 15 is 0 Å². The number of carbonyl (C=O) groups excluding carboxylic acids is 1. The van der Waals surface area contributed by atoms with Crippen molar-refractivity contribution in [3.63, 3.8) is 0 Å². The van der Waals surface area contributed by atoms with Crippen molar-refractivity contribution in [2.45, 2.75) is 18.4 Å². The number of nitrogens with zero attached hydrogens (tertiary/aromatic N) is 2. The van der Waals surface area contributed by atoms with Gasteiger partial charge in [0.25, 0.3) is 5.92 Å². The first-order valence-electron chi connectivity index (χ1n) is 5.68. The maximum absolute atomic E-state index is 13.2. The van der Waals surface area contributed by atoms with Crippen LogP contribution in [0, 0.1) is 0 Å². The molecule has 2 aliphatic rings. The Labute approximate surface area is 108 Å². The highest BCUT2D eigenvalue weighted by Crippen LogP contribution is 2.38. The highest BCUT2D eigenvalue weighted by molar-refractivity contribution is 6.30. The summed E-state index contributed by atoms with van der Waals surface area (Å²) in [6.07, 6.45) is -0.254. The number of alkyl halides is 2. The van der Waals surface area contributed by atoms with Gasteiger partial charge in [0, 0.05) is 23.7 Å². The number of rotatable bonds is 1. The summed E-state index contributed by atoms with van der Waals surface area (Å²) < 4.78 is 26.4. The van der Waals surface area contributed by atoms with Gasteiger partial charge in [-0.1, -0.05) is 17.7 Å². The van der Waals surface area contributed by atoms with Gasteiger partial charge in [0.15, 0.2) is 0 Å². The van der Waals surface area contributed by atoms with Crippen LogP contribution in [0.3, 0.4) is 0 Å². The van der Waals surface area contributed by atoms with Crippen LogP contribution in [-0.2, 0) is 0 Å². The second-order valence-electron chi connectivity index (χ2n) is 4.71. The normalized spacial score (nSPS) is 25.7. The molecule has 2 saturated heterocycles. The van der Waals surface area contributed by atoms with Crippen molar-refractivity contribution in [1.82, 2.24) is 4.90 Å². The first-order chi connectivity index (χ1) is 8.46. The molecular weight excluding hydrogens is 262 g/mol. The Balaban J connectivity index is 1.85. The van der Waals surface area contributed by atoms with Crippen LogP contribution < -0.4 is 4.90 Å². The van der Waals surface area contributed by atoms with Crippen LogP contribution in [0.5, 0.6) is 0 Å². The fourth-order valence-corrected chi connectivity index (χ4v) is 2.77. The minimum absolute atomic E-state index is 0.254. The van der Waals surface area contributed by atoms with E-state index in [1.54, 1.807) is 24.3 Å². The molecule has 1 atom stereocenters. The number of carbonyl (C=O) groups is 1. The molecule has 0 N–H and O–H groups in total. The summed E-state index contributed by atoms with van der Waals surface area (Å²) in [6, 6.07) is 6.11. The van der Waals surface area contributed by atoms with E-state index in [2.05, 4.69) is 0 Å². The summed E-state index contributed by atoms with van der Waals surface area (Å²) in [5.41, 5.74) is 0.658. The average Bonchev–Trinajstić information content (AvgIpc) is 2.73. The molecule has 0 saturated carbocycles. The predicted octanol–water partition coefficient (Wildman–Crippen LogP) is 2.99. The minimum Gasteiger partial charge on any atom is -0.313 e. The zero-order chi connectivity index (χ0) is 12.9. The van der Waals surface area contributed by atoms with Gasteiger partial charge in [0.1, 0.15) is 0 Å². The first kappa shape index (κ1) is 11.7. The van der Waals surface area contributed by atoms with Crippen LogP contribution in [0.15, 0.2) is 24.3 Å². The van der Waals surface area contributed by atoms with Gasteiger partial charge in [-0.2, -0.15) is 0 Å². The van der Waals surface area contributed by atoms with Gasteiger partial charge in [-0.05, 0) is 18.2 Å². The lowest BCUT2D eigenvalue weighted by Crippen LogP contribution is -2.35. The molecule has 6 heteroatoms. The van der Waals surface area contributed by atoms with E-state index in [1.165, 1.54) is 9.80 Å². The molecule has 0 aromatic heterocycles. The van der Waals surface area contributed by atoms with Gasteiger partial charge in [-0.3, -0.25) is 4.90 Å².